The average molecular weight is 312 g/mol. The summed E-state index contributed by atoms with van der Waals surface area (Å²) >= 11 is 0. The number of guanidine groups is 1. The lowest BCUT2D eigenvalue weighted by Crippen LogP contribution is -2.49. The molecule has 1 heterocycles. The Morgan fingerprint density at radius 3 is 2.65 bits per heavy atom. The summed E-state index contributed by atoms with van der Waals surface area (Å²) in [6, 6.07) is 7.75. The van der Waals surface area contributed by atoms with Gasteiger partial charge < -0.3 is 16.0 Å². The highest BCUT2D eigenvalue weighted by atomic mass is 15.2. The molecule has 0 bridgehead atoms. The smallest absolute Gasteiger partial charge is 0.193 e. The second-order valence-corrected chi connectivity index (χ2v) is 7.35. The van der Waals surface area contributed by atoms with Gasteiger partial charge in [-0.2, -0.15) is 0 Å². The Hall–Kier alpha value is -1.55. The SMILES string of the molecule is NC(=NC1CC(N2CCCCC2)C1)Nc1ccc2c(c1)CCC2. The van der Waals surface area contributed by atoms with Crippen molar-refractivity contribution in [2.45, 2.75) is 63.5 Å². The van der Waals surface area contributed by atoms with Crippen LogP contribution in [-0.2, 0) is 12.8 Å². The van der Waals surface area contributed by atoms with Crippen molar-refractivity contribution in [3.05, 3.63) is 29.3 Å². The molecule has 2 fully saturated rings. The number of aliphatic imine (C=N–C) groups is 1. The number of nitrogens with zero attached hydrogens (tertiary/aromatic N) is 2. The molecule has 4 nitrogen and oxygen atoms in total. The molecule has 1 saturated carbocycles. The second-order valence-electron chi connectivity index (χ2n) is 7.35. The minimum atomic E-state index is 0.406. The second kappa shape index (κ2) is 6.52. The van der Waals surface area contributed by atoms with Crippen LogP contribution in [0.4, 0.5) is 5.69 Å². The van der Waals surface area contributed by atoms with Crippen LogP contribution in [-0.4, -0.2) is 36.0 Å². The molecule has 0 atom stereocenters. The van der Waals surface area contributed by atoms with Crippen LogP contribution in [0, 0.1) is 0 Å². The predicted molar refractivity (Wildman–Crippen MR) is 95.9 cm³/mol. The first-order valence-electron chi connectivity index (χ1n) is 9.24. The molecule has 0 aromatic heterocycles. The lowest BCUT2D eigenvalue weighted by atomic mass is 9.85. The van der Waals surface area contributed by atoms with Gasteiger partial charge in [0.1, 0.15) is 0 Å². The van der Waals surface area contributed by atoms with Crippen molar-refractivity contribution in [2.24, 2.45) is 10.7 Å². The number of nitrogens with one attached hydrogen (secondary N) is 1. The van der Waals surface area contributed by atoms with Crippen molar-refractivity contribution in [3.63, 3.8) is 0 Å². The van der Waals surface area contributed by atoms with Crippen LogP contribution in [0.25, 0.3) is 0 Å². The minimum absolute atomic E-state index is 0.406. The highest BCUT2D eigenvalue weighted by Gasteiger charge is 2.34. The maximum absolute atomic E-state index is 6.11. The summed E-state index contributed by atoms with van der Waals surface area (Å²) in [5.74, 6) is 0.574. The van der Waals surface area contributed by atoms with E-state index in [1.54, 1.807) is 0 Å². The molecule has 1 aromatic carbocycles. The van der Waals surface area contributed by atoms with Gasteiger partial charge in [-0.25, -0.2) is 4.99 Å². The summed E-state index contributed by atoms with van der Waals surface area (Å²) in [5, 5.41) is 3.28. The van der Waals surface area contributed by atoms with Gasteiger partial charge in [-0.15, -0.1) is 0 Å². The number of fused-ring (bicyclic) bond motifs is 1. The van der Waals surface area contributed by atoms with Gasteiger partial charge in [0.15, 0.2) is 5.96 Å². The fourth-order valence-electron chi connectivity index (χ4n) is 4.27. The number of hydrogen-bond donors (Lipinski definition) is 2. The van der Waals surface area contributed by atoms with E-state index in [0.717, 1.165) is 11.7 Å². The van der Waals surface area contributed by atoms with Gasteiger partial charge in [0.05, 0.1) is 6.04 Å². The Morgan fingerprint density at radius 1 is 1.04 bits per heavy atom. The van der Waals surface area contributed by atoms with Gasteiger partial charge in [0.2, 0.25) is 0 Å². The van der Waals surface area contributed by atoms with Gasteiger partial charge in [-0.05, 0) is 81.3 Å². The normalized spacial score (nSPS) is 28.3. The number of aryl methyl sites for hydroxylation is 2. The van der Waals surface area contributed by atoms with E-state index >= 15 is 0 Å². The van der Waals surface area contributed by atoms with Gasteiger partial charge >= 0.3 is 0 Å². The molecule has 1 saturated heterocycles. The Labute approximate surface area is 139 Å². The van der Waals surface area contributed by atoms with Crippen LogP contribution in [0.5, 0.6) is 0 Å². The standard InChI is InChI=1S/C19H28N4/c20-19(21-16-8-7-14-5-4-6-15(14)11-16)22-17-12-18(13-17)23-9-2-1-3-10-23/h7-8,11,17-18H,1-6,9-10,12-13H2,(H3,20,21,22). The number of anilines is 1. The van der Waals surface area contributed by atoms with E-state index in [1.165, 1.54) is 75.6 Å². The molecule has 0 spiro atoms. The van der Waals surface area contributed by atoms with Crippen molar-refractivity contribution in [1.82, 2.24) is 4.90 Å². The number of benzene rings is 1. The van der Waals surface area contributed by atoms with E-state index in [-0.39, 0.29) is 0 Å². The average Bonchev–Trinajstić information content (AvgIpc) is 2.99. The van der Waals surface area contributed by atoms with Crippen LogP contribution < -0.4 is 11.1 Å². The van der Waals surface area contributed by atoms with Gasteiger partial charge in [0.25, 0.3) is 0 Å². The van der Waals surface area contributed by atoms with E-state index < -0.39 is 0 Å². The summed E-state index contributed by atoms with van der Waals surface area (Å²) in [6.45, 7) is 2.56. The number of piperidine rings is 1. The molecule has 3 aliphatic rings. The van der Waals surface area contributed by atoms with Crippen LogP contribution in [0.3, 0.4) is 0 Å². The molecular formula is C19H28N4. The molecule has 3 N–H and O–H groups in total. The lowest BCUT2D eigenvalue weighted by Gasteiger charge is -2.43. The Morgan fingerprint density at radius 2 is 1.83 bits per heavy atom. The molecule has 0 radical (unpaired) electrons. The lowest BCUT2D eigenvalue weighted by molar-refractivity contribution is 0.0912. The largest absolute Gasteiger partial charge is 0.370 e. The molecule has 1 aromatic rings. The van der Waals surface area contributed by atoms with Crippen LogP contribution in [0.15, 0.2) is 23.2 Å². The number of rotatable bonds is 3. The molecule has 0 amide bonds. The predicted octanol–water partition coefficient (Wildman–Crippen LogP) is 2.92. The minimum Gasteiger partial charge on any atom is -0.370 e. The fraction of sp³-hybridized carbons (Fsp3) is 0.632. The molecule has 4 rings (SSSR count). The first kappa shape index (κ1) is 15.0. The Kier molecular flexibility index (Phi) is 4.25. The van der Waals surface area contributed by atoms with E-state index in [4.69, 9.17) is 5.73 Å². The number of nitrogens with two attached hydrogens (primary N) is 1. The third-order valence-electron chi connectivity index (χ3n) is 5.69. The molecule has 1 aliphatic heterocycles. The molecule has 2 aliphatic carbocycles. The molecule has 23 heavy (non-hydrogen) atoms. The quantitative estimate of drug-likeness (QED) is 0.666. The van der Waals surface area contributed by atoms with Crippen molar-refractivity contribution in [3.8, 4) is 0 Å². The summed E-state index contributed by atoms with van der Waals surface area (Å²) in [7, 11) is 0. The van der Waals surface area contributed by atoms with E-state index in [2.05, 4.69) is 33.4 Å². The topological polar surface area (TPSA) is 53.6 Å². The number of hydrogen-bond acceptors (Lipinski definition) is 2. The molecule has 124 valence electrons. The summed E-state index contributed by atoms with van der Waals surface area (Å²) in [5.41, 5.74) is 10.2. The van der Waals surface area contributed by atoms with Gasteiger partial charge in [-0.1, -0.05) is 12.5 Å². The molecule has 0 unspecified atom stereocenters. The van der Waals surface area contributed by atoms with E-state index in [0.29, 0.717) is 12.0 Å². The Balaban J connectivity index is 1.29. The molecule has 4 heteroatoms. The van der Waals surface area contributed by atoms with Gasteiger partial charge in [0, 0.05) is 11.7 Å². The van der Waals surface area contributed by atoms with E-state index in [1.807, 2.05) is 0 Å². The summed E-state index contributed by atoms with van der Waals surface area (Å²) < 4.78 is 0. The van der Waals surface area contributed by atoms with Crippen molar-refractivity contribution in [1.29, 1.82) is 0 Å². The van der Waals surface area contributed by atoms with Gasteiger partial charge in [-0.3, -0.25) is 0 Å². The monoisotopic (exact) mass is 312 g/mol. The zero-order valence-electron chi connectivity index (χ0n) is 13.9. The third-order valence-corrected chi connectivity index (χ3v) is 5.69. The summed E-state index contributed by atoms with van der Waals surface area (Å²) in [6.07, 6.45) is 10.2. The Bertz CT molecular complexity index is 583. The molecular weight excluding hydrogens is 284 g/mol. The van der Waals surface area contributed by atoms with E-state index in [9.17, 15) is 0 Å². The van der Waals surface area contributed by atoms with Crippen molar-refractivity contribution >= 4 is 11.6 Å². The fourth-order valence-corrected chi connectivity index (χ4v) is 4.27. The van der Waals surface area contributed by atoms with Crippen LogP contribution in [0.2, 0.25) is 0 Å². The third kappa shape index (κ3) is 3.37. The highest BCUT2D eigenvalue weighted by molar-refractivity contribution is 5.92. The summed E-state index contributed by atoms with van der Waals surface area (Å²) in [4.78, 5) is 7.33. The highest BCUT2D eigenvalue weighted by Crippen LogP contribution is 2.30. The first-order valence-corrected chi connectivity index (χ1v) is 9.24. The first-order chi connectivity index (χ1) is 11.3. The van der Waals surface area contributed by atoms with Crippen LogP contribution in [0.1, 0.15) is 49.7 Å². The zero-order chi connectivity index (χ0) is 15.6. The maximum Gasteiger partial charge on any atom is 0.193 e. The zero-order valence-corrected chi connectivity index (χ0v) is 13.9. The number of likely N-dealkylation sites (tertiary alicyclic amines) is 1. The van der Waals surface area contributed by atoms with Crippen molar-refractivity contribution in [2.75, 3.05) is 18.4 Å². The maximum atomic E-state index is 6.11. The van der Waals surface area contributed by atoms with Crippen molar-refractivity contribution < 1.29 is 0 Å². The van der Waals surface area contributed by atoms with Crippen LogP contribution >= 0.6 is 0 Å².